The first-order valence-electron chi connectivity index (χ1n) is 5.06. The summed E-state index contributed by atoms with van der Waals surface area (Å²) in [5.41, 5.74) is 7.44. The fourth-order valence-corrected chi connectivity index (χ4v) is 1.06. The van der Waals surface area contributed by atoms with E-state index in [4.69, 9.17) is 11.1 Å². The molecule has 0 unspecified atom stereocenters. The van der Waals surface area contributed by atoms with Gasteiger partial charge in [-0.3, -0.25) is 4.79 Å². The van der Waals surface area contributed by atoms with Crippen LogP contribution >= 0.6 is 0 Å². The van der Waals surface area contributed by atoms with Crippen molar-refractivity contribution in [2.45, 2.75) is 20.3 Å². The van der Waals surface area contributed by atoms with E-state index in [1.54, 1.807) is 25.2 Å². The minimum atomic E-state index is 0.0702. The summed E-state index contributed by atoms with van der Waals surface area (Å²) < 4.78 is 0. The summed E-state index contributed by atoms with van der Waals surface area (Å²) in [5, 5.41) is 6.85. The van der Waals surface area contributed by atoms with Crippen LogP contribution in [0.2, 0.25) is 0 Å². The van der Waals surface area contributed by atoms with Gasteiger partial charge in [-0.15, -0.1) is 0 Å². The molecule has 0 aromatic rings. The Labute approximate surface area is 96.5 Å². The molecule has 0 saturated heterocycles. The number of carbonyl (C=O) groups excluding carboxylic acids is 1. The molecule has 0 saturated carbocycles. The summed E-state index contributed by atoms with van der Waals surface area (Å²) in [6.45, 7) is 7.22. The number of nitrogens with one attached hydrogen (secondary N) is 1. The van der Waals surface area contributed by atoms with Crippen LogP contribution in [-0.2, 0) is 4.79 Å². The number of allylic oxidation sites excluding steroid dienone is 5. The highest BCUT2D eigenvalue weighted by molar-refractivity contribution is 5.93. The van der Waals surface area contributed by atoms with E-state index >= 15 is 0 Å². The number of Topliss-reactive ketones (excluding diaryl/α,β-unsaturated/α-hetero) is 1. The van der Waals surface area contributed by atoms with E-state index in [0.717, 1.165) is 11.8 Å². The molecule has 0 spiro atoms. The predicted molar refractivity (Wildman–Crippen MR) is 68.4 cm³/mol. The first-order chi connectivity index (χ1) is 7.52. The summed E-state index contributed by atoms with van der Waals surface area (Å²) in [7, 11) is 0. The van der Waals surface area contributed by atoms with Crippen molar-refractivity contribution in [2.75, 3.05) is 0 Å². The van der Waals surface area contributed by atoms with Gasteiger partial charge in [-0.05, 0) is 30.6 Å². The fourth-order valence-electron chi connectivity index (χ4n) is 1.06. The average Bonchev–Trinajstić information content (AvgIpc) is 2.23. The first kappa shape index (κ1) is 14.1. The lowest BCUT2D eigenvalue weighted by Gasteiger charge is -1.98. The highest BCUT2D eigenvalue weighted by atomic mass is 16.1. The SMILES string of the molecule is C=C(/C=C\C=C(/CC)C(C)=O)/C(N)=C/C=N. The lowest BCUT2D eigenvalue weighted by molar-refractivity contribution is -0.113. The van der Waals surface area contributed by atoms with Crippen molar-refractivity contribution in [1.29, 1.82) is 5.41 Å². The van der Waals surface area contributed by atoms with Crippen LogP contribution in [0.25, 0.3) is 0 Å². The monoisotopic (exact) mass is 218 g/mol. The molecule has 0 aliphatic carbocycles. The molecule has 86 valence electrons. The highest BCUT2D eigenvalue weighted by Crippen LogP contribution is 2.05. The highest BCUT2D eigenvalue weighted by Gasteiger charge is 1.97. The molecular weight excluding hydrogens is 200 g/mol. The van der Waals surface area contributed by atoms with Crippen LogP contribution in [0.1, 0.15) is 20.3 Å². The molecule has 0 atom stereocenters. The van der Waals surface area contributed by atoms with Gasteiger partial charge in [0.05, 0.1) is 0 Å². The molecule has 0 bridgehead atoms. The molecule has 3 nitrogen and oxygen atoms in total. The summed E-state index contributed by atoms with van der Waals surface area (Å²) in [5.74, 6) is 0.0702. The zero-order valence-electron chi connectivity index (χ0n) is 9.79. The molecule has 0 heterocycles. The van der Waals surface area contributed by atoms with E-state index in [1.165, 1.54) is 6.08 Å². The molecular formula is C13H18N2O. The molecule has 0 fully saturated rings. The lowest BCUT2D eigenvalue weighted by Crippen LogP contribution is -1.98. The maximum atomic E-state index is 11.1. The van der Waals surface area contributed by atoms with E-state index in [9.17, 15) is 4.79 Å². The van der Waals surface area contributed by atoms with Crippen molar-refractivity contribution >= 4 is 12.0 Å². The van der Waals surface area contributed by atoms with Crippen molar-refractivity contribution in [3.05, 3.63) is 47.7 Å². The van der Waals surface area contributed by atoms with E-state index in [2.05, 4.69) is 6.58 Å². The van der Waals surface area contributed by atoms with E-state index in [1.807, 2.05) is 6.92 Å². The number of rotatable bonds is 6. The van der Waals surface area contributed by atoms with E-state index < -0.39 is 0 Å². The van der Waals surface area contributed by atoms with Gasteiger partial charge in [-0.25, -0.2) is 0 Å². The lowest BCUT2D eigenvalue weighted by atomic mass is 10.1. The third-order valence-corrected chi connectivity index (χ3v) is 2.06. The Kier molecular flexibility index (Phi) is 6.52. The molecule has 0 radical (unpaired) electrons. The molecule has 0 aliphatic rings. The largest absolute Gasteiger partial charge is 0.398 e. The molecule has 0 rings (SSSR count). The second-order valence-electron chi connectivity index (χ2n) is 3.27. The van der Waals surface area contributed by atoms with Crippen LogP contribution < -0.4 is 5.73 Å². The number of ketones is 1. The Morgan fingerprint density at radius 1 is 1.44 bits per heavy atom. The van der Waals surface area contributed by atoms with Crippen molar-refractivity contribution in [1.82, 2.24) is 0 Å². The standard InChI is InChI=1S/C13H18N2O/c1-4-12(11(3)16)7-5-6-10(2)13(15)8-9-14/h5-9,14H,2,4,15H2,1,3H3/b6-5-,12-7+,13-8-,14-9?. The van der Waals surface area contributed by atoms with Crippen LogP contribution in [0.15, 0.2) is 47.7 Å². The quantitative estimate of drug-likeness (QED) is 0.408. The van der Waals surface area contributed by atoms with Crippen LogP contribution in [0.4, 0.5) is 0 Å². The third-order valence-electron chi connectivity index (χ3n) is 2.06. The fraction of sp³-hybridized carbons (Fsp3) is 0.231. The minimum absolute atomic E-state index is 0.0702. The zero-order valence-corrected chi connectivity index (χ0v) is 9.79. The Bertz CT molecular complexity index is 373. The number of hydrogen-bond donors (Lipinski definition) is 2. The zero-order chi connectivity index (χ0) is 12.6. The second kappa shape index (κ2) is 7.40. The predicted octanol–water partition coefficient (Wildman–Crippen LogP) is 2.52. The summed E-state index contributed by atoms with van der Waals surface area (Å²) in [4.78, 5) is 11.1. The van der Waals surface area contributed by atoms with Gasteiger partial charge in [0.15, 0.2) is 5.78 Å². The topological polar surface area (TPSA) is 66.9 Å². The van der Waals surface area contributed by atoms with E-state index in [-0.39, 0.29) is 5.78 Å². The van der Waals surface area contributed by atoms with Crippen molar-refractivity contribution in [3.63, 3.8) is 0 Å². The van der Waals surface area contributed by atoms with Crippen molar-refractivity contribution in [3.8, 4) is 0 Å². The van der Waals surface area contributed by atoms with Gasteiger partial charge >= 0.3 is 0 Å². The van der Waals surface area contributed by atoms with Crippen LogP contribution in [0.3, 0.4) is 0 Å². The van der Waals surface area contributed by atoms with Crippen LogP contribution in [0, 0.1) is 5.41 Å². The third kappa shape index (κ3) is 5.10. The van der Waals surface area contributed by atoms with Crippen LogP contribution in [0.5, 0.6) is 0 Å². The maximum absolute atomic E-state index is 11.1. The minimum Gasteiger partial charge on any atom is -0.398 e. The Morgan fingerprint density at radius 3 is 2.50 bits per heavy atom. The van der Waals surface area contributed by atoms with Gasteiger partial charge in [0.2, 0.25) is 0 Å². The molecule has 0 aromatic heterocycles. The normalized spacial score (nSPS) is 12.9. The van der Waals surface area contributed by atoms with Crippen molar-refractivity contribution in [2.24, 2.45) is 5.73 Å². The summed E-state index contributed by atoms with van der Waals surface area (Å²) in [6.07, 6.45) is 8.49. The molecule has 16 heavy (non-hydrogen) atoms. The van der Waals surface area contributed by atoms with Gasteiger partial charge in [0.1, 0.15) is 0 Å². The molecule has 3 heteroatoms. The molecule has 0 aromatic carbocycles. The summed E-state index contributed by atoms with van der Waals surface area (Å²) >= 11 is 0. The Balaban J connectivity index is 4.62. The van der Waals surface area contributed by atoms with E-state index in [0.29, 0.717) is 17.7 Å². The van der Waals surface area contributed by atoms with Gasteiger partial charge in [0, 0.05) is 11.9 Å². The maximum Gasteiger partial charge on any atom is 0.155 e. The van der Waals surface area contributed by atoms with Crippen molar-refractivity contribution < 1.29 is 4.79 Å². The van der Waals surface area contributed by atoms with Gasteiger partial charge in [-0.2, -0.15) is 0 Å². The Hall–Kier alpha value is -1.90. The summed E-state index contributed by atoms with van der Waals surface area (Å²) in [6, 6.07) is 0. The molecule has 0 aliphatic heterocycles. The average molecular weight is 218 g/mol. The number of carbonyl (C=O) groups is 1. The number of nitrogens with two attached hydrogens (primary N) is 1. The molecule has 0 amide bonds. The van der Waals surface area contributed by atoms with Gasteiger partial charge < -0.3 is 11.1 Å². The van der Waals surface area contributed by atoms with Gasteiger partial charge in [0.25, 0.3) is 0 Å². The second-order valence-corrected chi connectivity index (χ2v) is 3.27. The number of hydrogen-bond acceptors (Lipinski definition) is 3. The van der Waals surface area contributed by atoms with Crippen LogP contribution in [-0.4, -0.2) is 12.0 Å². The first-order valence-corrected chi connectivity index (χ1v) is 5.06. The molecule has 3 N–H and O–H groups in total. The van der Waals surface area contributed by atoms with Gasteiger partial charge in [-0.1, -0.05) is 31.7 Å². The smallest absolute Gasteiger partial charge is 0.155 e. The Morgan fingerprint density at radius 2 is 2.06 bits per heavy atom.